The van der Waals surface area contributed by atoms with Gasteiger partial charge in [-0.3, -0.25) is 15.6 Å². The summed E-state index contributed by atoms with van der Waals surface area (Å²) in [5, 5.41) is 3.03. The summed E-state index contributed by atoms with van der Waals surface area (Å²) < 4.78 is 19.0. The minimum Gasteiger partial charge on any atom is -0.451 e. The SMILES string of the molecule is C=CCNC(=S)NNC(=O)c1ccc(-c2ccccc2F)o1. The number of carbonyl (C=O) groups is 1. The lowest BCUT2D eigenvalue weighted by molar-refractivity contribution is 0.0916. The maximum absolute atomic E-state index is 13.7. The molecular weight excluding hydrogens is 305 g/mol. The van der Waals surface area contributed by atoms with Crippen LogP contribution < -0.4 is 16.2 Å². The Balaban J connectivity index is 1.99. The Labute approximate surface area is 132 Å². The highest BCUT2D eigenvalue weighted by atomic mass is 32.1. The van der Waals surface area contributed by atoms with Gasteiger partial charge in [0.05, 0.1) is 5.56 Å². The number of benzene rings is 1. The van der Waals surface area contributed by atoms with Gasteiger partial charge in [0.25, 0.3) is 0 Å². The van der Waals surface area contributed by atoms with Crippen LogP contribution in [0.2, 0.25) is 0 Å². The van der Waals surface area contributed by atoms with Crippen molar-refractivity contribution in [1.82, 2.24) is 16.2 Å². The van der Waals surface area contributed by atoms with E-state index in [2.05, 4.69) is 22.7 Å². The molecule has 0 atom stereocenters. The number of hydrogen-bond acceptors (Lipinski definition) is 3. The molecule has 1 aromatic heterocycles. The van der Waals surface area contributed by atoms with E-state index >= 15 is 0 Å². The fraction of sp³-hybridized carbons (Fsp3) is 0.0667. The van der Waals surface area contributed by atoms with Crippen molar-refractivity contribution in [3.8, 4) is 11.3 Å². The van der Waals surface area contributed by atoms with Gasteiger partial charge < -0.3 is 9.73 Å². The first-order chi connectivity index (χ1) is 10.6. The normalized spacial score (nSPS) is 9.86. The van der Waals surface area contributed by atoms with Gasteiger partial charge in [-0.1, -0.05) is 18.2 Å². The highest BCUT2D eigenvalue weighted by molar-refractivity contribution is 7.80. The molecule has 0 fully saturated rings. The molecule has 2 aromatic rings. The average molecular weight is 319 g/mol. The van der Waals surface area contributed by atoms with Crippen LogP contribution in [0, 0.1) is 5.82 Å². The van der Waals surface area contributed by atoms with E-state index in [4.69, 9.17) is 16.6 Å². The van der Waals surface area contributed by atoms with Crippen molar-refractivity contribution in [1.29, 1.82) is 0 Å². The van der Waals surface area contributed by atoms with E-state index in [1.54, 1.807) is 24.3 Å². The van der Waals surface area contributed by atoms with Crippen LogP contribution in [0.15, 0.2) is 53.5 Å². The van der Waals surface area contributed by atoms with Gasteiger partial charge in [-0.2, -0.15) is 0 Å². The van der Waals surface area contributed by atoms with Gasteiger partial charge >= 0.3 is 5.91 Å². The van der Waals surface area contributed by atoms with Crippen molar-refractivity contribution in [3.05, 3.63) is 60.6 Å². The van der Waals surface area contributed by atoms with Crippen molar-refractivity contribution in [2.75, 3.05) is 6.54 Å². The average Bonchev–Trinajstić information content (AvgIpc) is 3.00. The van der Waals surface area contributed by atoms with E-state index in [-0.39, 0.29) is 22.2 Å². The highest BCUT2D eigenvalue weighted by Gasteiger charge is 2.14. The summed E-state index contributed by atoms with van der Waals surface area (Å²) >= 11 is 4.92. The molecule has 0 unspecified atom stereocenters. The van der Waals surface area contributed by atoms with Crippen molar-refractivity contribution in [2.24, 2.45) is 0 Å². The number of thiocarbonyl (C=S) groups is 1. The Morgan fingerprint density at radius 1 is 1.27 bits per heavy atom. The van der Waals surface area contributed by atoms with Crippen LogP contribution in [0.25, 0.3) is 11.3 Å². The van der Waals surface area contributed by atoms with Crippen LogP contribution in [0.4, 0.5) is 4.39 Å². The molecule has 1 amide bonds. The first-order valence-electron chi connectivity index (χ1n) is 6.41. The fourth-order valence-electron chi connectivity index (χ4n) is 1.65. The highest BCUT2D eigenvalue weighted by Crippen LogP contribution is 2.24. The fourth-order valence-corrected chi connectivity index (χ4v) is 1.78. The number of hydrazine groups is 1. The molecule has 0 radical (unpaired) electrons. The van der Waals surface area contributed by atoms with Crippen LogP contribution >= 0.6 is 12.2 Å². The molecule has 5 nitrogen and oxygen atoms in total. The molecule has 0 saturated carbocycles. The molecular formula is C15H14FN3O2S. The molecule has 7 heteroatoms. The smallest absolute Gasteiger partial charge is 0.305 e. The first kappa shape index (κ1) is 15.7. The molecule has 3 N–H and O–H groups in total. The van der Waals surface area contributed by atoms with Gasteiger partial charge in [-0.05, 0) is 36.5 Å². The second kappa shape index (κ2) is 7.37. The van der Waals surface area contributed by atoms with E-state index < -0.39 is 11.7 Å². The Morgan fingerprint density at radius 3 is 2.77 bits per heavy atom. The summed E-state index contributed by atoms with van der Waals surface area (Å²) in [4.78, 5) is 11.9. The van der Waals surface area contributed by atoms with Gasteiger partial charge in [0, 0.05) is 6.54 Å². The second-order valence-corrected chi connectivity index (χ2v) is 4.63. The molecule has 0 spiro atoms. The second-order valence-electron chi connectivity index (χ2n) is 4.22. The van der Waals surface area contributed by atoms with Crippen molar-refractivity contribution < 1.29 is 13.6 Å². The number of nitrogens with one attached hydrogen (secondary N) is 3. The molecule has 1 aromatic carbocycles. The number of rotatable bonds is 4. The Morgan fingerprint density at radius 2 is 2.05 bits per heavy atom. The lowest BCUT2D eigenvalue weighted by atomic mass is 10.1. The molecule has 0 aliphatic heterocycles. The van der Waals surface area contributed by atoms with E-state index in [0.29, 0.717) is 6.54 Å². The maximum Gasteiger partial charge on any atom is 0.305 e. The van der Waals surface area contributed by atoms with Gasteiger partial charge in [-0.25, -0.2) is 4.39 Å². The number of halogens is 1. The van der Waals surface area contributed by atoms with Gasteiger partial charge in [0.1, 0.15) is 11.6 Å². The number of furan rings is 1. The Kier molecular flexibility index (Phi) is 5.26. The van der Waals surface area contributed by atoms with E-state index in [9.17, 15) is 9.18 Å². The molecule has 0 bridgehead atoms. The van der Waals surface area contributed by atoms with Crippen LogP contribution in [-0.2, 0) is 0 Å². The predicted octanol–water partition coefficient (Wildman–Crippen LogP) is 2.38. The molecule has 1 heterocycles. The monoisotopic (exact) mass is 319 g/mol. The number of carbonyl (C=O) groups excluding carboxylic acids is 1. The quantitative estimate of drug-likeness (QED) is 0.459. The zero-order valence-corrected chi connectivity index (χ0v) is 12.4. The molecule has 22 heavy (non-hydrogen) atoms. The van der Waals surface area contributed by atoms with Crippen LogP contribution in [0.5, 0.6) is 0 Å². The molecule has 0 aliphatic carbocycles. The minimum atomic E-state index is -0.523. The summed E-state index contributed by atoms with van der Waals surface area (Å²) in [5.74, 6) is -0.630. The Hall–Kier alpha value is -2.67. The summed E-state index contributed by atoms with van der Waals surface area (Å²) in [6.07, 6.45) is 1.63. The standard InChI is InChI=1S/C15H14FN3O2S/c1-2-9-17-15(22)19-18-14(20)13-8-7-12(21-13)10-5-3-4-6-11(10)16/h2-8H,1,9H2,(H,18,20)(H2,17,19,22). The largest absolute Gasteiger partial charge is 0.451 e. The topological polar surface area (TPSA) is 66.3 Å². The summed E-state index contributed by atoms with van der Waals surface area (Å²) in [6, 6.07) is 9.15. The zero-order valence-electron chi connectivity index (χ0n) is 11.6. The summed E-state index contributed by atoms with van der Waals surface area (Å²) in [7, 11) is 0. The maximum atomic E-state index is 13.7. The molecule has 2 rings (SSSR count). The Bertz CT molecular complexity index is 700. The van der Waals surface area contributed by atoms with Gasteiger partial charge in [0.2, 0.25) is 0 Å². The predicted molar refractivity (Wildman–Crippen MR) is 85.5 cm³/mol. The van der Waals surface area contributed by atoms with Crippen molar-refractivity contribution in [2.45, 2.75) is 0 Å². The van der Waals surface area contributed by atoms with E-state index in [1.807, 2.05) is 0 Å². The lowest BCUT2D eigenvalue weighted by Crippen LogP contribution is -2.46. The molecule has 0 saturated heterocycles. The van der Waals surface area contributed by atoms with Crippen LogP contribution in [0.1, 0.15) is 10.6 Å². The molecule has 0 aliphatic rings. The lowest BCUT2D eigenvalue weighted by Gasteiger charge is -2.08. The van der Waals surface area contributed by atoms with E-state index in [0.717, 1.165) is 0 Å². The van der Waals surface area contributed by atoms with Crippen LogP contribution in [-0.4, -0.2) is 17.6 Å². The zero-order chi connectivity index (χ0) is 15.9. The van der Waals surface area contributed by atoms with E-state index in [1.165, 1.54) is 18.2 Å². The summed E-state index contributed by atoms with van der Waals surface area (Å²) in [5.41, 5.74) is 5.18. The van der Waals surface area contributed by atoms with Gasteiger partial charge in [-0.15, -0.1) is 6.58 Å². The van der Waals surface area contributed by atoms with Crippen molar-refractivity contribution in [3.63, 3.8) is 0 Å². The third-order valence-corrected chi connectivity index (χ3v) is 2.91. The van der Waals surface area contributed by atoms with Gasteiger partial charge in [0.15, 0.2) is 10.9 Å². The third-order valence-electron chi connectivity index (χ3n) is 2.67. The third kappa shape index (κ3) is 3.92. The number of amides is 1. The minimum absolute atomic E-state index is 0.0391. The molecule has 114 valence electrons. The van der Waals surface area contributed by atoms with Crippen molar-refractivity contribution >= 4 is 23.2 Å². The number of hydrogen-bond donors (Lipinski definition) is 3. The van der Waals surface area contributed by atoms with Crippen LogP contribution in [0.3, 0.4) is 0 Å². The first-order valence-corrected chi connectivity index (χ1v) is 6.82. The summed E-state index contributed by atoms with van der Waals surface area (Å²) in [6.45, 7) is 4.00.